The van der Waals surface area contributed by atoms with Crippen LogP contribution >= 0.6 is 12.6 Å². The predicted octanol–water partition coefficient (Wildman–Crippen LogP) is 4.78. The van der Waals surface area contributed by atoms with Gasteiger partial charge in [0, 0.05) is 29.3 Å². The maximum absolute atomic E-state index is 13.1. The zero-order chi connectivity index (χ0) is 22.7. The predicted molar refractivity (Wildman–Crippen MR) is 131 cm³/mol. The van der Waals surface area contributed by atoms with E-state index < -0.39 is 17.9 Å². The van der Waals surface area contributed by atoms with Crippen LogP contribution in [0.15, 0.2) is 72.9 Å². The number of H-pyrrole nitrogens is 1. The van der Waals surface area contributed by atoms with Crippen molar-refractivity contribution in [2.75, 3.05) is 5.75 Å². The Morgan fingerprint density at radius 1 is 1.03 bits per heavy atom. The summed E-state index contributed by atoms with van der Waals surface area (Å²) in [6.45, 7) is 1.99. The van der Waals surface area contributed by atoms with E-state index in [4.69, 9.17) is 0 Å². The highest BCUT2D eigenvalue weighted by Gasteiger charge is 2.29. The lowest BCUT2D eigenvalue weighted by molar-refractivity contribution is -0.142. The highest BCUT2D eigenvalue weighted by Crippen LogP contribution is 2.29. The van der Waals surface area contributed by atoms with Crippen LogP contribution in [0.3, 0.4) is 0 Å². The Balaban J connectivity index is 1.52. The molecule has 32 heavy (non-hydrogen) atoms. The van der Waals surface area contributed by atoms with E-state index in [1.165, 1.54) is 0 Å². The molecule has 3 aromatic carbocycles. The molecule has 0 bridgehead atoms. The molecule has 5 nitrogen and oxygen atoms in total. The van der Waals surface area contributed by atoms with E-state index in [1.54, 1.807) is 6.20 Å². The molecule has 0 aliphatic carbocycles. The van der Waals surface area contributed by atoms with E-state index in [9.17, 15) is 14.7 Å². The summed E-state index contributed by atoms with van der Waals surface area (Å²) in [5, 5.41) is 15.7. The number of aromatic nitrogens is 1. The van der Waals surface area contributed by atoms with E-state index in [-0.39, 0.29) is 18.2 Å². The van der Waals surface area contributed by atoms with Gasteiger partial charge in [0.1, 0.15) is 6.04 Å². The van der Waals surface area contributed by atoms with Gasteiger partial charge in [-0.25, -0.2) is 4.79 Å². The van der Waals surface area contributed by atoms with Crippen LogP contribution in [-0.2, 0) is 16.0 Å². The summed E-state index contributed by atoms with van der Waals surface area (Å²) >= 11 is 4.42. The van der Waals surface area contributed by atoms with E-state index in [1.807, 2.05) is 61.5 Å². The Morgan fingerprint density at radius 3 is 2.50 bits per heavy atom. The molecule has 6 heteroatoms. The van der Waals surface area contributed by atoms with Crippen LogP contribution in [0.5, 0.6) is 0 Å². The molecule has 164 valence electrons. The molecule has 1 amide bonds. The van der Waals surface area contributed by atoms with Gasteiger partial charge in [0.25, 0.3) is 0 Å². The zero-order valence-corrected chi connectivity index (χ0v) is 18.7. The summed E-state index contributed by atoms with van der Waals surface area (Å²) in [6, 6.07) is 20.9. The van der Waals surface area contributed by atoms with Crippen molar-refractivity contribution in [3.8, 4) is 0 Å². The highest BCUT2D eigenvalue weighted by atomic mass is 32.1. The Kier molecular flexibility index (Phi) is 6.51. The molecule has 0 radical (unpaired) electrons. The topological polar surface area (TPSA) is 82.2 Å². The lowest BCUT2D eigenvalue weighted by Gasteiger charge is -2.24. The van der Waals surface area contributed by atoms with Crippen LogP contribution in [-0.4, -0.2) is 33.8 Å². The smallest absolute Gasteiger partial charge is 0.326 e. The number of hydrogen-bond acceptors (Lipinski definition) is 3. The maximum Gasteiger partial charge on any atom is 0.326 e. The molecule has 0 saturated heterocycles. The summed E-state index contributed by atoms with van der Waals surface area (Å²) in [7, 11) is 0. The number of fused-ring (bicyclic) bond motifs is 2. The molecule has 0 aliphatic heterocycles. The minimum atomic E-state index is -1.06. The number of rotatable bonds is 8. The summed E-state index contributed by atoms with van der Waals surface area (Å²) < 4.78 is 0. The fourth-order valence-corrected chi connectivity index (χ4v) is 4.67. The molecule has 0 spiro atoms. The minimum Gasteiger partial charge on any atom is -0.480 e. The van der Waals surface area contributed by atoms with Crippen LogP contribution < -0.4 is 5.32 Å². The monoisotopic (exact) mass is 446 g/mol. The van der Waals surface area contributed by atoms with Gasteiger partial charge in [0.2, 0.25) is 5.91 Å². The van der Waals surface area contributed by atoms with Crippen molar-refractivity contribution in [2.24, 2.45) is 5.92 Å². The van der Waals surface area contributed by atoms with Gasteiger partial charge < -0.3 is 15.4 Å². The Bertz CT molecular complexity index is 1270. The second-order valence-corrected chi connectivity index (χ2v) is 8.51. The third kappa shape index (κ3) is 4.50. The molecular weight excluding hydrogens is 420 g/mol. The van der Waals surface area contributed by atoms with Crippen LogP contribution in [0.4, 0.5) is 0 Å². The van der Waals surface area contributed by atoms with Crippen molar-refractivity contribution in [2.45, 2.75) is 25.3 Å². The summed E-state index contributed by atoms with van der Waals surface area (Å²) in [4.78, 5) is 28.2. The number of hydrogen-bond donors (Lipinski definition) is 4. The number of amides is 1. The van der Waals surface area contributed by atoms with E-state index >= 15 is 0 Å². The SMILES string of the molecule is CC(c1ccc2ccccc2c1)[C@H](CS)C(=O)N[C@@H](Cc1c[nH]c2ccccc12)C(=O)O. The van der Waals surface area contributed by atoms with Gasteiger partial charge >= 0.3 is 5.97 Å². The molecule has 1 unspecified atom stereocenters. The zero-order valence-electron chi connectivity index (χ0n) is 17.8. The average Bonchev–Trinajstić information content (AvgIpc) is 3.21. The average molecular weight is 447 g/mol. The van der Waals surface area contributed by atoms with Gasteiger partial charge in [-0.2, -0.15) is 12.6 Å². The van der Waals surface area contributed by atoms with Crippen molar-refractivity contribution in [1.82, 2.24) is 10.3 Å². The lowest BCUT2D eigenvalue weighted by atomic mass is 9.86. The molecule has 1 aromatic heterocycles. The van der Waals surface area contributed by atoms with Gasteiger partial charge in [-0.1, -0.05) is 67.6 Å². The second kappa shape index (κ2) is 9.49. The first-order chi connectivity index (χ1) is 15.5. The van der Waals surface area contributed by atoms with Crippen LogP contribution in [0.25, 0.3) is 21.7 Å². The molecule has 4 aromatic rings. The van der Waals surface area contributed by atoms with Gasteiger partial charge in [-0.05, 0) is 33.9 Å². The first kappa shape index (κ1) is 22.0. The van der Waals surface area contributed by atoms with Gasteiger partial charge in [-0.3, -0.25) is 4.79 Å². The third-order valence-electron chi connectivity index (χ3n) is 6.15. The lowest BCUT2D eigenvalue weighted by Crippen LogP contribution is -2.46. The third-order valence-corrected chi connectivity index (χ3v) is 6.54. The second-order valence-electron chi connectivity index (χ2n) is 8.15. The Labute approximate surface area is 192 Å². The van der Waals surface area contributed by atoms with Gasteiger partial charge in [0.05, 0.1) is 5.92 Å². The number of benzene rings is 3. The fraction of sp³-hybridized carbons (Fsp3) is 0.231. The first-order valence-electron chi connectivity index (χ1n) is 10.7. The van der Waals surface area contributed by atoms with Crippen LogP contribution in [0.1, 0.15) is 24.0 Å². The summed E-state index contributed by atoms with van der Waals surface area (Å²) in [5.74, 6) is -1.60. The Morgan fingerprint density at radius 2 is 1.75 bits per heavy atom. The number of nitrogens with one attached hydrogen (secondary N) is 2. The number of thiol groups is 1. The number of carbonyl (C=O) groups excluding carboxylic acids is 1. The van der Waals surface area contributed by atoms with E-state index in [2.05, 4.69) is 35.1 Å². The van der Waals surface area contributed by atoms with Gasteiger partial charge in [0.15, 0.2) is 0 Å². The normalized spacial score (nSPS) is 14.2. The molecule has 1 heterocycles. The molecule has 4 rings (SSSR count). The standard InChI is InChI=1S/C26H26N2O3S/c1-16(18-11-10-17-6-2-3-7-19(17)12-18)22(15-32)25(29)28-24(26(30)31)13-20-14-27-23-9-5-4-8-21(20)23/h2-12,14,16,22,24,27,32H,13,15H2,1H3,(H,28,29)(H,30,31)/t16?,22-,24-/m0/s1. The molecule has 3 N–H and O–H groups in total. The molecule has 0 aliphatic rings. The summed E-state index contributed by atoms with van der Waals surface area (Å²) in [6.07, 6.45) is 2.01. The van der Waals surface area contributed by atoms with Crippen molar-refractivity contribution in [3.63, 3.8) is 0 Å². The van der Waals surface area contributed by atoms with Crippen molar-refractivity contribution in [3.05, 3.63) is 84.1 Å². The summed E-state index contributed by atoms with van der Waals surface area (Å²) in [5.41, 5.74) is 2.83. The number of aromatic amines is 1. The number of aliphatic carboxylic acids is 1. The number of para-hydroxylation sites is 1. The number of carboxylic acid groups (broad SMARTS) is 1. The molecular formula is C26H26N2O3S. The van der Waals surface area contributed by atoms with Crippen molar-refractivity contribution < 1.29 is 14.7 Å². The minimum absolute atomic E-state index is 0.111. The van der Waals surface area contributed by atoms with E-state index in [0.29, 0.717) is 5.75 Å². The number of carbonyl (C=O) groups is 2. The maximum atomic E-state index is 13.1. The first-order valence-corrected chi connectivity index (χ1v) is 11.3. The van der Waals surface area contributed by atoms with Crippen molar-refractivity contribution >= 4 is 46.2 Å². The van der Waals surface area contributed by atoms with Gasteiger partial charge in [-0.15, -0.1) is 0 Å². The highest BCUT2D eigenvalue weighted by molar-refractivity contribution is 7.80. The molecule has 0 fully saturated rings. The Hall–Kier alpha value is -3.25. The largest absolute Gasteiger partial charge is 0.480 e. The van der Waals surface area contributed by atoms with Crippen molar-refractivity contribution in [1.29, 1.82) is 0 Å². The molecule has 0 saturated carbocycles. The quantitative estimate of drug-likeness (QED) is 0.294. The number of carboxylic acids is 1. The van der Waals surface area contributed by atoms with Crippen LogP contribution in [0, 0.1) is 5.92 Å². The molecule has 3 atom stereocenters. The van der Waals surface area contributed by atoms with E-state index in [0.717, 1.165) is 32.8 Å². The van der Waals surface area contributed by atoms with Crippen LogP contribution in [0.2, 0.25) is 0 Å². The fourth-order valence-electron chi connectivity index (χ4n) is 4.19.